The lowest BCUT2D eigenvalue weighted by molar-refractivity contribution is 0.101. The number of rotatable bonds is 4. The predicted octanol–water partition coefficient (Wildman–Crippen LogP) is 2.86. The van der Waals surface area contributed by atoms with Gasteiger partial charge < -0.3 is 20.3 Å². The highest BCUT2D eigenvalue weighted by Gasteiger charge is 2.20. The fourth-order valence-corrected chi connectivity index (χ4v) is 3.64. The van der Waals surface area contributed by atoms with Crippen LogP contribution in [0.25, 0.3) is 10.2 Å². The average molecular weight is 410 g/mol. The van der Waals surface area contributed by atoms with Gasteiger partial charge in [0.05, 0.1) is 16.6 Å². The Morgan fingerprint density at radius 3 is 2.62 bits per heavy atom. The molecule has 0 saturated carbocycles. The highest BCUT2D eigenvalue weighted by Crippen LogP contribution is 2.28. The van der Waals surface area contributed by atoms with Gasteiger partial charge >= 0.3 is 6.09 Å². The summed E-state index contributed by atoms with van der Waals surface area (Å²) in [5.74, 6) is -0.684. The first-order chi connectivity index (χ1) is 14.0. The molecular weight excluding hydrogens is 396 g/mol. The molecule has 0 atom stereocenters. The zero-order valence-electron chi connectivity index (χ0n) is 15.0. The quantitative estimate of drug-likeness (QED) is 0.474. The van der Waals surface area contributed by atoms with Crippen molar-refractivity contribution in [1.29, 1.82) is 0 Å². The number of aromatic nitrogens is 4. The Kier molecular flexibility index (Phi) is 4.56. The number of imidazole rings is 1. The molecule has 0 aliphatic rings. The van der Waals surface area contributed by atoms with Crippen LogP contribution in [0.15, 0.2) is 48.1 Å². The second-order valence-electron chi connectivity index (χ2n) is 6.00. The van der Waals surface area contributed by atoms with Crippen LogP contribution >= 0.6 is 11.3 Å². The number of nitrogens with zero attached hydrogens (tertiary/aromatic N) is 4. The summed E-state index contributed by atoms with van der Waals surface area (Å²) in [4.78, 5) is 41.0. The first-order valence-electron chi connectivity index (χ1n) is 8.34. The molecule has 3 N–H and O–H groups in total. The zero-order chi connectivity index (χ0) is 20.5. The van der Waals surface area contributed by atoms with Crippen LogP contribution in [0.4, 0.5) is 16.3 Å². The molecule has 4 aromatic rings. The summed E-state index contributed by atoms with van der Waals surface area (Å²) in [5.41, 5.74) is 0.487. The van der Waals surface area contributed by atoms with Gasteiger partial charge in [0.25, 0.3) is 11.8 Å². The minimum absolute atomic E-state index is 0.124. The number of anilines is 2. The number of amides is 2. The van der Waals surface area contributed by atoms with E-state index in [1.165, 1.54) is 17.5 Å². The maximum absolute atomic E-state index is 12.8. The first-order valence-corrected chi connectivity index (χ1v) is 9.22. The molecule has 4 rings (SSSR count). The molecule has 0 aliphatic carbocycles. The van der Waals surface area contributed by atoms with Gasteiger partial charge in [0.2, 0.25) is 0 Å². The van der Waals surface area contributed by atoms with Gasteiger partial charge in [-0.25, -0.2) is 9.78 Å². The van der Waals surface area contributed by atoms with Gasteiger partial charge in [-0.05, 0) is 23.6 Å². The van der Waals surface area contributed by atoms with E-state index >= 15 is 0 Å². The van der Waals surface area contributed by atoms with Gasteiger partial charge in [0.15, 0.2) is 11.6 Å². The van der Waals surface area contributed by atoms with Gasteiger partial charge in [-0.15, -0.1) is 16.4 Å². The van der Waals surface area contributed by atoms with Crippen LogP contribution in [0.1, 0.15) is 21.0 Å². The summed E-state index contributed by atoms with van der Waals surface area (Å²) in [6.07, 6.45) is 1.89. The van der Waals surface area contributed by atoms with Crippen LogP contribution in [0.5, 0.6) is 0 Å². The fraction of sp³-hybridized carbons (Fsp3) is 0.0556. The van der Waals surface area contributed by atoms with E-state index in [1.807, 2.05) is 0 Å². The van der Waals surface area contributed by atoms with Crippen molar-refractivity contribution in [2.24, 2.45) is 7.05 Å². The molecule has 3 heterocycles. The molecule has 0 bridgehead atoms. The highest BCUT2D eigenvalue weighted by atomic mass is 32.1. The number of carbonyl (C=O) groups is 3. The molecule has 11 heteroatoms. The number of hydrogen-bond acceptors (Lipinski definition) is 6. The molecule has 0 radical (unpaired) electrons. The van der Waals surface area contributed by atoms with Crippen LogP contribution in [0.2, 0.25) is 0 Å². The topological polar surface area (TPSA) is 131 Å². The van der Waals surface area contributed by atoms with E-state index in [4.69, 9.17) is 0 Å². The van der Waals surface area contributed by atoms with Crippen LogP contribution in [-0.4, -0.2) is 42.3 Å². The molecule has 0 spiro atoms. The van der Waals surface area contributed by atoms with Crippen molar-refractivity contribution in [2.75, 3.05) is 10.6 Å². The second-order valence-corrected chi connectivity index (χ2v) is 6.89. The molecule has 0 unspecified atom stereocenters. The molecule has 146 valence electrons. The van der Waals surface area contributed by atoms with Crippen molar-refractivity contribution in [3.63, 3.8) is 0 Å². The first kappa shape index (κ1) is 18.4. The van der Waals surface area contributed by atoms with E-state index in [9.17, 15) is 19.5 Å². The molecule has 0 fully saturated rings. The summed E-state index contributed by atoms with van der Waals surface area (Å²) < 4.78 is 2.37. The van der Waals surface area contributed by atoms with Crippen molar-refractivity contribution in [3.05, 3.63) is 59.5 Å². The standard InChI is InChI=1S/C18H14N6O4S/c1-23-8-7-19-14(23)16(26)20-12-5-3-2-4-10(12)15(25)21-13-11-6-9-29-17(11)24(22-13)18(27)28/h2-9H,1H3,(H,20,26)(H,27,28)(H,21,22,25). The lowest BCUT2D eigenvalue weighted by Gasteiger charge is -2.10. The Morgan fingerprint density at radius 2 is 1.90 bits per heavy atom. The molecule has 3 aromatic heterocycles. The number of carboxylic acid groups (broad SMARTS) is 1. The summed E-state index contributed by atoms with van der Waals surface area (Å²) in [6, 6.07) is 8.15. The number of carbonyl (C=O) groups excluding carboxylic acids is 2. The zero-order valence-corrected chi connectivity index (χ0v) is 15.8. The SMILES string of the molecule is Cn1ccnc1C(=O)Nc1ccccc1C(=O)Nc1nn(C(=O)O)c2sccc12. The van der Waals surface area contributed by atoms with Gasteiger partial charge in [-0.2, -0.15) is 4.68 Å². The Balaban J connectivity index is 1.62. The van der Waals surface area contributed by atoms with Crippen molar-refractivity contribution in [3.8, 4) is 0 Å². The third-order valence-electron chi connectivity index (χ3n) is 4.15. The van der Waals surface area contributed by atoms with E-state index in [0.717, 1.165) is 4.68 Å². The number of para-hydroxylation sites is 1. The van der Waals surface area contributed by atoms with E-state index in [2.05, 4.69) is 20.7 Å². The van der Waals surface area contributed by atoms with Crippen molar-refractivity contribution < 1.29 is 19.5 Å². The van der Waals surface area contributed by atoms with E-state index in [0.29, 0.717) is 10.2 Å². The lowest BCUT2D eigenvalue weighted by atomic mass is 10.1. The van der Waals surface area contributed by atoms with Crippen molar-refractivity contribution >= 4 is 51.0 Å². The monoisotopic (exact) mass is 410 g/mol. The smallest absolute Gasteiger partial charge is 0.433 e. The van der Waals surface area contributed by atoms with E-state index < -0.39 is 17.9 Å². The largest absolute Gasteiger partial charge is 0.463 e. The Bertz CT molecular complexity index is 1250. The molecule has 1 aromatic carbocycles. The Labute approximate surface area is 167 Å². The van der Waals surface area contributed by atoms with Gasteiger partial charge in [0.1, 0.15) is 4.83 Å². The molecule has 0 aliphatic heterocycles. The number of fused-ring (bicyclic) bond motifs is 1. The van der Waals surface area contributed by atoms with E-state index in [-0.39, 0.29) is 22.9 Å². The summed E-state index contributed by atoms with van der Waals surface area (Å²) in [5, 5.41) is 20.7. The molecule has 2 amide bonds. The van der Waals surface area contributed by atoms with Crippen LogP contribution in [-0.2, 0) is 7.05 Å². The number of aryl methyl sites for hydroxylation is 1. The number of nitrogens with one attached hydrogen (secondary N) is 2. The van der Waals surface area contributed by atoms with Gasteiger partial charge in [-0.3, -0.25) is 9.59 Å². The highest BCUT2D eigenvalue weighted by molar-refractivity contribution is 7.17. The number of thiophene rings is 1. The minimum atomic E-state index is -1.25. The Morgan fingerprint density at radius 1 is 1.10 bits per heavy atom. The van der Waals surface area contributed by atoms with Crippen LogP contribution in [0.3, 0.4) is 0 Å². The normalized spacial score (nSPS) is 10.8. The Hall–Kier alpha value is -3.99. The van der Waals surface area contributed by atoms with Crippen molar-refractivity contribution in [1.82, 2.24) is 19.3 Å². The van der Waals surface area contributed by atoms with E-state index in [1.54, 1.807) is 53.5 Å². The van der Waals surface area contributed by atoms with Crippen LogP contribution < -0.4 is 10.6 Å². The average Bonchev–Trinajstić information content (AvgIpc) is 3.39. The molecule has 29 heavy (non-hydrogen) atoms. The summed E-state index contributed by atoms with van der Waals surface area (Å²) in [7, 11) is 1.69. The minimum Gasteiger partial charge on any atom is -0.463 e. The third-order valence-corrected chi connectivity index (χ3v) is 5.04. The summed E-state index contributed by atoms with van der Waals surface area (Å²) in [6.45, 7) is 0. The van der Waals surface area contributed by atoms with Crippen LogP contribution in [0, 0.1) is 0 Å². The molecule has 10 nitrogen and oxygen atoms in total. The maximum atomic E-state index is 12.8. The second kappa shape index (κ2) is 7.20. The van der Waals surface area contributed by atoms with Gasteiger partial charge in [-0.1, -0.05) is 12.1 Å². The maximum Gasteiger partial charge on any atom is 0.433 e. The molecular formula is C18H14N6O4S. The molecule has 0 saturated heterocycles. The predicted molar refractivity (Wildman–Crippen MR) is 107 cm³/mol. The number of hydrogen-bond donors (Lipinski definition) is 3. The van der Waals surface area contributed by atoms with Gasteiger partial charge in [0, 0.05) is 19.4 Å². The fourth-order valence-electron chi connectivity index (χ4n) is 2.79. The summed E-state index contributed by atoms with van der Waals surface area (Å²) >= 11 is 1.20. The van der Waals surface area contributed by atoms with Crippen molar-refractivity contribution in [2.45, 2.75) is 0 Å². The lowest BCUT2D eigenvalue weighted by Crippen LogP contribution is -2.20. The number of benzene rings is 1. The third kappa shape index (κ3) is 3.34.